The molecule has 0 spiro atoms. The van der Waals surface area contributed by atoms with Crippen LogP contribution in [0.4, 0.5) is 0 Å². The van der Waals surface area contributed by atoms with E-state index in [0.29, 0.717) is 11.5 Å². The Morgan fingerprint density at radius 3 is 2.86 bits per heavy atom. The molecule has 2 aromatic heterocycles. The van der Waals surface area contributed by atoms with Gasteiger partial charge in [0.05, 0.1) is 5.92 Å². The van der Waals surface area contributed by atoms with Crippen molar-refractivity contribution in [1.29, 1.82) is 0 Å². The van der Waals surface area contributed by atoms with Gasteiger partial charge in [0.15, 0.2) is 4.96 Å². The number of carboxylic acids is 1. The Hall–Kier alpha value is -2.22. The summed E-state index contributed by atoms with van der Waals surface area (Å²) >= 11 is 1.30. The van der Waals surface area contributed by atoms with Crippen LogP contribution in [0.25, 0.3) is 4.96 Å². The first-order valence-electron chi connectivity index (χ1n) is 6.42. The molecule has 1 N–H and O–H groups in total. The van der Waals surface area contributed by atoms with Gasteiger partial charge >= 0.3 is 5.97 Å². The van der Waals surface area contributed by atoms with Crippen molar-refractivity contribution in [3.8, 4) is 0 Å². The standard InChI is InChI=1S/C13H15N3O4S/c1-3-15(7-8(2)12(19)20)10(17)9-6-14-13-16(11(9)18)4-5-21-13/h4-6,8H,3,7H2,1-2H3,(H,19,20). The van der Waals surface area contributed by atoms with Crippen LogP contribution in [0.15, 0.2) is 22.6 Å². The van der Waals surface area contributed by atoms with Gasteiger partial charge in [-0.25, -0.2) is 4.98 Å². The first-order chi connectivity index (χ1) is 9.95. The fourth-order valence-electron chi connectivity index (χ4n) is 1.91. The van der Waals surface area contributed by atoms with Gasteiger partial charge in [0.2, 0.25) is 0 Å². The van der Waals surface area contributed by atoms with E-state index in [1.807, 2.05) is 0 Å². The number of nitrogens with zero attached hydrogens (tertiary/aromatic N) is 3. The van der Waals surface area contributed by atoms with Crippen LogP contribution in [0, 0.1) is 5.92 Å². The van der Waals surface area contributed by atoms with Gasteiger partial charge in [-0.1, -0.05) is 6.92 Å². The SMILES string of the molecule is CCN(CC(C)C(=O)O)C(=O)c1cnc2sccn2c1=O. The molecule has 1 unspecified atom stereocenters. The monoisotopic (exact) mass is 309 g/mol. The van der Waals surface area contributed by atoms with Crippen molar-refractivity contribution in [2.75, 3.05) is 13.1 Å². The number of hydrogen-bond acceptors (Lipinski definition) is 5. The van der Waals surface area contributed by atoms with E-state index in [0.717, 1.165) is 0 Å². The second-order valence-electron chi connectivity index (χ2n) is 4.62. The Labute approximate surface area is 124 Å². The molecule has 0 aliphatic carbocycles. The van der Waals surface area contributed by atoms with Crippen LogP contribution >= 0.6 is 11.3 Å². The number of aliphatic carboxylic acids is 1. The zero-order chi connectivity index (χ0) is 15.6. The van der Waals surface area contributed by atoms with Crippen LogP contribution in [0.1, 0.15) is 24.2 Å². The van der Waals surface area contributed by atoms with Crippen molar-refractivity contribution in [2.45, 2.75) is 13.8 Å². The molecule has 2 heterocycles. The maximum atomic E-state index is 12.4. The van der Waals surface area contributed by atoms with E-state index in [2.05, 4.69) is 4.98 Å². The summed E-state index contributed by atoms with van der Waals surface area (Å²) in [4.78, 5) is 41.5. The number of fused-ring (bicyclic) bond motifs is 1. The van der Waals surface area contributed by atoms with E-state index in [1.54, 1.807) is 18.5 Å². The normalized spacial score (nSPS) is 12.3. The van der Waals surface area contributed by atoms with E-state index >= 15 is 0 Å². The molecule has 0 fully saturated rings. The van der Waals surface area contributed by atoms with Gasteiger partial charge in [0.25, 0.3) is 11.5 Å². The van der Waals surface area contributed by atoms with Crippen molar-refractivity contribution in [1.82, 2.24) is 14.3 Å². The first-order valence-corrected chi connectivity index (χ1v) is 7.30. The molecule has 0 saturated heterocycles. The molecule has 21 heavy (non-hydrogen) atoms. The van der Waals surface area contributed by atoms with Gasteiger partial charge in [-0.2, -0.15) is 0 Å². The average Bonchev–Trinajstić information content (AvgIpc) is 2.93. The Balaban J connectivity index is 2.33. The fraction of sp³-hybridized carbons (Fsp3) is 0.385. The maximum absolute atomic E-state index is 12.4. The van der Waals surface area contributed by atoms with Crippen LogP contribution in [0.2, 0.25) is 0 Å². The molecule has 0 aliphatic heterocycles. The lowest BCUT2D eigenvalue weighted by molar-refractivity contribution is -0.141. The summed E-state index contributed by atoms with van der Waals surface area (Å²) in [7, 11) is 0. The number of carbonyl (C=O) groups excluding carboxylic acids is 1. The summed E-state index contributed by atoms with van der Waals surface area (Å²) in [6.07, 6.45) is 2.81. The number of aromatic nitrogens is 2. The summed E-state index contributed by atoms with van der Waals surface area (Å²) in [6.45, 7) is 3.63. The Kier molecular flexibility index (Phi) is 4.37. The Bertz CT molecular complexity index is 736. The number of amides is 1. The minimum atomic E-state index is -0.982. The van der Waals surface area contributed by atoms with Crippen LogP contribution in [0.5, 0.6) is 0 Å². The minimum absolute atomic E-state index is 0.0506. The molecule has 0 aromatic carbocycles. The van der Waals surface area contributed by atoms with E-state index in [4.69, 9.17) is 5.11 Å². The molecular formula is C13H15N3O4S. The molecule has 7 nitrogen and oxygen atoms in total. The van der Waals surface area contributed by atoms with Gasteiger partial charge < -0.3 is 10.0 Å². The van der Waals surface area contributed by atoms with E-state index < -0.39 is 23.4 Å². The zero-order valence-electron chi connectivity index (χ0n) is 11.6. The topological polar surface area (TPSA) is 92.0 Å². The predicted octanol–water partition coefficient (Wildman–Crippen LogP) is 0.939. The van der Waals surface area contributed by atoms with Crippen molar-refractivity contribution < 1.29 is 14.7 Å². The van der Waals surface area contributed by atoms with Gasteiger partial charge in [0, 0.05) is 30.9 Å². The first kappa shape index (κ1) is 15.2. The van der Waals surface area contributed by atoms with Crippen molar-refractivity contribution >= 4 is 28.2 Å². The second-order valence-corrected chi connectivity index (χ2v) is 5.49. The number of carboxylic acid groups (broad SMARTS) is 1. The number of carbonyl (C=O) groups is 2. The largest absolute Gasteiger partial charge is 0.481 e. The van der Waals surface area contributed by atoms with Gasteiger partial charge in [0.1, 0.15) is 5.56 Å². The maximum Gasteiger partial charge on any atom is 0.308 e. The summed E-state index contributed by atoms with van der Waals surface area (Å²) in [6, 6.07) is 0. The molecule has 2 rings (SSSR count). The molecule has 0 bridgehead atoms. The smallest absolute Gasteiger partial charge is 0.308 e. The highest BCUT2D eigenvalue weighted by atomic mass is 32.1. The third kappa shape index (κ3) is 2.94. The zero-order valence-corrected chi connectivity index (χ0v) is 12.5. The lowest BCUT2D eigenvalue weighted by Crippen LogP contribution is -2.39. The van der Waals surface area contributed by atoms with Crippen LogP contribution < -0.4 is 5.56 Å². The third-order valence-electron chi connectivity index (χ3n) is 3.16. The van der Waals surface area contributed by atoms with E-state index in [-0.39, 0.29) is 12.1 Å². The third-order valence-corrected chi connectivity index (χ3v) is 3.93. The minimum Gasteiger partial charge on any atom is -0.481 e. The van der Waals surface area contributed by atoms with Gasteiger partial charge in [-0.05, 0) is 6.92 Å². The molecule has 0 saturated carbocycles. The molecular weight excluding hydrogens is 294 g/mol. The van der Waals surface area contributed by atoms with Crippen LogP contribution in [-0.4, -0.2) is 44.4 Å². The summed E-state index contributed by atoms with van der Waals surface area (Å²) in [5.74, 6) is -2.18. The molecule has 0 aliphatic rings. The van der Waals surface area contributed by atoms with Crippen molar-refractivity contribution in [3.05, 3.63) is 33.7 Å². The average molecular weight is 309 g/mol. The highest BCUT2D eigenvalue weighted by Crippen LogP contribution is 2.08. The van der Waals surface area contributed by atoms with Crippen molar-refractivity contribution in [2.24, 2.45) is 5.92 Å². The van der Waals surface area contributed by atoms with Gasteiger partial charge in [-0.15, -0.1) is 11.3 Å². The van der Waals surface area contributed by atoms with Crippen LogP contribution in [-0.2, 0) is 4.79 Å². The lowest BCUT2D eigenvalue weighted by Gasteiger charge is -2.22. The molecule has 8 heteroatoms. The quantitative estimate of drug-likeness (QED) is 0.887. The fourth-order valence-corrected chi connectivity index (χ4v) is 2.58. The summed E-state index contributed by atoms with van der Waals surface area (Å²) in [5.41, 5.74) is -0.488. The predicted molar refractivity (Wildman–Crippen MR) is 77.7 cm³/mol. The molecule has 1 atom stereocenters. The Morgan fingerprint density at radius 1 is 1.52 bits per heavy atom. The number of hydrogen-bond donors (Lipinski definition) is 1. The van der Waals surface area contributed by atoms with Crippen molar-refractivity contribution in [3.63, 3.8) is 0 Å². The number of rotatable bonds is 5. The highest BCUT2D eigenvalue weighted by Gasteiger charge is 2.23. The Morgan fingerprint density at radius 2 is 2.24 bits per heavy atom. The highest BCUT2D eigenvalue weighted by molar-refractivity contribution is 7.15. The molecule has 0 radical (unpaired) electrons. The molecule has 1 amide bonds. The molecule has 2 aromatic rings. The summed E-state index contributed by atoms with van der Waals surface area (Å²) < 4.78 is 1.31. The number of thiazole rings is 1. The van der Waals surface area contributed by atoms with E-state index in [9.17, 15) is 14.4 Å². The lowest BCUT2D eigenvalue weighted by atomic mass is 10.1. The van der Waals surface area contributed by atoms with Gasteiger partial charge in [-0.3, -0.25) is 18.8 Å². The molecule has 112 valence electrons. The second kappa shape index (κ2) is 6.04. The van der Waals surface area contributed by atoms with E-state index in [1.165, 1.54) is 33.8 Å². The summed E-state index contributed by atoms with van der Waals surface area (Å²) in [5, 5.41) is 10.6. The van der Waals surface area contributed by atoms with Crippen LogP contribution in [0.3, 0.4) is 0 Å².